The highest BCUT2D eigenvalue weighted by molar-refractivity contribution is 5.77. The molecule has 0 bridgehead atoms. The normalized spacial score (nSPS) is 11.6. The van der Waals surface area contributed by atoms with Crippen LogP contribution in [-0.4, -0.2) is 34.2 Å². The summed E-state index contributed by atoms with van der Waals surface area (Å²) in [6.45, 7) is 3.58. The summed E-state index contributed by atoms with van der Waals surface area (Å²) in [6.07, 6.45) is 7.06. The van der Waals surface area contributed by atoms with Crippen LogP contribution in [0.2, 0.25) is 0 Å². The molecule has 23 heavy (non-hydrogen) atoms. The lowest BCUT2D eigenvalue weighted by atomic mass is 10.2. The Hall–Kier alpha value is -2.44. The molecule has 0 unspecified atom stereocenters. The molecule has 2 aromatic rings. The van der Waals surface area contributed by atoms with Crippen molar-refractivity contribution in [2.75, 3.05) is 13.1 Å². The average molecular weight is 316 g/mol. The molecule has 0 atom stereocenters. The molecule has 124 valence electrons. The van der Waals surface area contributed by atoms with E-state index in [1.807, 2.05) is 18.2 Å². The largest absolute Gasteiger partial charge is 0.370 e. The Balaban J connectivity index is 1.70. The first kappa shape index (κ1) is 16.9. The first-order chi connectivity index (χ1) is 11.3. The number of guanidine groups is 1. The number of hydrogen-bond donors (Lipinski definition) is 2. The SMILES string of the molecule is CCCCCCN=C(N)NCCc1noc(-c2ccccn2)n1. The van der Waals surface area contributed by atoms with Gasteiger partial charge in [0.25, 0.3) is 5.89 Å². The number of aromatic nitrogens is 3. The summed E-state index contributed by atoms with van der Waals surface area (Å²) in [5, 5.41) is 7.00. The lowest BCUT2D eigenvalue weighted by Gasteiger charge is -2.03. The van der Waals surface area contributed by atoms with Crippen LogP contribution in [0.25, 0.3) is 11.6 Å². The first-order valence-corrected chi connectivity index (χ1v) is 8.07. The minimum Gasteiger partial charge on any atom is -0.370 e. The fraction of sp³-hybridized carbons (Fsp3) is 0.500. The molecular weight excluding hydrogens is 292 g/mol. The van der Waals surface area contributed by atoms with Crippen LogP contribution < -0.4 is 11.1 Å². The van der Waals surface area contributed by atoms with Gasteiger partial charge in [-0.15, -0.1) is 0 Å². The van der Waals surface area contributed by atoms with Crippen molar-refractivity contribution >= 4 is 5.96 Å². The Labute approximate surface area is 136 Å². The molecule has 0 aliphatic carbocycles. The van der Waals surface area contributed by atoms with Gasteiger partial charge in [0.15, 0.2) is 11.8 Å². The Morgan fingerprint density at radius 1 is 1.30 bits per heavy atom. The van der Waals surface area contributed by atoms with E-state index in [0.717, 1.165) is 13.0 Å². The van der Waals surface area contributed by atoms with Crippen molar-refractivity contribution in [2.24, 2.45) is 10.7 Å². The van der Waals surface area contributed by atoms with Gasteiger partial charge in [-0.2, -0.15) is 4.98 Å². The predicted molar refractivity (Wildman–Crippen MR) is 89.9 cm³/mol. The van der Waals surface area contributed by atoms with Crippen LogP contribution >= 0.6 is 0 Å². The van der Waals surface area contributed by atoms with Gasteiger partial charge in [0.05, 0.1) is 0 Å². The summed E-state index contributed by atoms with van der Waals surface area (Å²) in [5.41, 5.74) is 6.49. The molecule has 0 fully saturated rings. The van der Waals surface area contributed by atoms with E-state index in [-0.39, 0.29) is 0 Å². The van der Waals surface area contributed by atoms with Gasteiger partial charge >= 0.3 is 0 Å². The van der Waals surface area contributed by atoms with E-state index in [4.69, 9.17) is 10.3 Å². The summed E-state index contributed by atoms with van der Waals surface area (Å²) < 4.78 is 5.20. The second-order valence-corrected chi connectivity index (χ2v) is 5.24. The van der Waals surface area contributed by atoms with Crippen LogP contribution in [0.4, 0.5) is 0 Å². The molecule has 7 heteroatoms. The molecule has 0 aliphatic heterocycles. The molecule has 0 aromatic carbocycles. The van der Waals surface area contributed by atoms with Crippen molar-refractivity contribution in [2.45, 2.75) is 39.0 Å². The van der Waals surface area contributed by atoms with Crippen LogP contribution in [0.5, 0.6) is 0 Å². The van der Waals surface area contributed by atoms with Gasteiger partial charge in [-0.3, -0.25) is 9.98 Å². The fourth-order valence-electron chi connectivity index (χ4n) is 2.05. The molecular formula is C16H24N6O. The topological polar surface area (TPSA) is 102 Å². The van der Waals surface area contributed by atoms with Crippen molar-refractivity contribution in [3.8, 4) is 11.6 Å². The lowest BCUT2D eigenvalue weighted by Crippen LogP contribution is -2.33. The van der Waals surface area contributed by atoms with Crippen molar-refractivity contribution in [1.82, 2.24) is 20.4 Å². The Morgan fingerprint density at radius 2 is 2.22 bits per heavy atom. The van der Waals surface area contributed by atoms with E-state index in [1.165, 1.54) is 19.3 Å². The number of unbranched alkanes of at least 4 members (excludes halogenated alkanes) is 3. The van der Waals surface area contributed by atoms with Gasteiger partial charge in [0.1, 0.15) is 5.69 Å². The maximum absolute atomic E-state index is 5.81. The summed E-state index contributed by atoms with van der Waals surface area (Å²) in [4.78, 5) is 12.8. The first-order valence-electron chi connectivity index (χ1n) is 8.07. The number of aliphatic imine (C=N–C) groups is 1. The van der Waals surface area contributed by atoms with Gasteiger partial charge in [0.2, 0.25) is 0 Å². The highest BCUT2D eigenvalue weighted by Crippen LogP contribution is 2.12. The Morgan fingerprint density at radius 3 is 3.00 bits per heavy atom. The van der Waals surface area contributed by atoms with Gasteiger partial charge in [0, 0.05) is 25.7 Å². The zero-order valence-corrected chi connectivity index (χ0v) is 13.5. The standard InChI is InChI=1S/C16H24N6O/c1-2-3-4-6-11-19-16(17)20-12-9-14-21-15(23-22-14)13-8-5-7-10-18-13/h5,7-8,10H,2-4,6,9,11-12H2,1H3,(H3,17,19,20). The zero-order valence-electron chi connectivity index (χ0n) is 13.5. The number of hydrogen-bond acceptors (Lipinski definition) is 5. The molecule has 7 nitrogen and oxygen atoms in total. The van der Waals surface area contributed by atoms with Crippen LogP contribution in [-0.2, 0) is 6.42 Å². The van der Waals surface area contributed by atoms with E-state index in [9.17, 15) is 0 Å². The molecule has 2 aromatic heterocycles. The number of rotatable bonds is 9. The Kier molecular flexibility index (Phi) is 7.03. The number of nitrogens with zero attached hydrogens (tertiary/aromatic N) is 4. The molecule has 0 saturated heterocycles. The zero-order chi connectivity index (χ0) is 16.3. The highest BCUT2D eigenvalue weighted by Gasteiger charge is 2.09. The van der Waals surface area contributed by atoms with E-state index in [2.05, 4.69) is 32.4 Å². The van der Waals surface area contributed by atoms with Crippen molar-refractivity contribution in [1.29, 1.82) is 0 Å². The van der Waals surface area contributed by atoms with Crippen LogP contribution in [0.3, 0.4) is 0 Å². The quantitative estimate of drug-likeness (QED) is 0.417. The summed E-state index contributed by atoms with van der Waals surface area (Å²) in [5.74, 6) is 1.52. The molecule has 0 aliphatic rings. The van der Waals surface area contributed by atoms with E-state index >= 15 is 0 Å². The van der Waals surface area contributed by atoms with Crippen molar-refractivity contribution in [3.05, 3.63) is 30.2 Å². The molecule has 0 saturated carbocycles. The van der Waals surface area contributed by atoms with Gasteiger partial charge in [-0.1, -0.05) is 37.4 Å². The van der Waals surface area contributed by atoms with Crippen molar-refractivity contribution in [3.63, 3.8) is 0 Å². The minimum absolute atomic E-state index is 0.429. The number of nitrogens with two attached hydrogens (primary N) is 1. The van der Waals surface area contributed by atoms with Crippen LogP contribution in [0, 0.1) is 0 Å². The maximum Gasteiger partial charge on any atom is 0.276 e. The van der Waals surface area contributed by atoms with Gasteiger partial charge in [-0.25, -0.2) is 0 Å². The van der Waals surface area contributed by atoms with Gasteiger partial charge < -0.3 is 15.6 Å². The second kappa shape index (κ2) is 9.55. The minimum atomic E-state index is 0.429. The molecule has 2 rings (SSSR count). The van der Waals surface area contributed by atoms with E-state index < -0.39 is 0 Å². The third-order valence-corrected chi connectivity index (χ3v) is 3.30. The Bertz CT molecular complexity index is 596. The molecule has 0 amide bonds. The highest BCUT2D eigenvalue weighted by atomic mass is 16.5. The summed E-state index contributed by atoms with van der Waals surface area (Å²) in [7, 11) is 0. The van der Waals surface area contributed by atoms with Gasteiger partial charge in [-0.05, 0) is 18.6 Å². The monoisotopic (exact) mass is 316 g/mol. The second-order valence-electron chi connectivity index (χ2n) is 5.24. The third kappa shape index (κ3) is 6.06. The van der Waals surface area contributed by atoms with Crippen LogP contribution in [0.15, 0.2) is 33.9 Å². The molecule has 0 radical (unpaired) electrons. The summed E-state index contributed by atoms with van der Waals surface area (Å²) in [6, 6.07) is 5.55. The summed E-state index contributed by atoms with van der Waals surface area (Å²) >= 11 is 0. The van der Waals surface area contributed by atoms with Crippen LogP contribution in [0.1, 0.15) is 38.4 Å². The van der Waals surface area contributed by atoms with E-state index in [0.29, 0.717) is 36.3 Å². The smallest absolute Gasteiger partial charge is 0.276 e. The number of pyridine rings is 1. The van der Waals surface area contributed by atoms with E-state index in [1.54, 1.807) is 6.20 Å². The number of nitrogens with one attached hydrogen (secondary N) is 1. The predicted octanol–water partition coefficient (Wildman–Crippen LogP) is 2.16. The molecule has 3 N–H and O–H groups in total. The third-order valence-electron chi connectivity index (χ3n) is 3.30. The fourth-order valence-corrected chi connectivity index (χ4v) is 2.05. The lowest BCUT2D eigenvalue weighted by molar-refractivity contribution is 0.421. The molecule has 2 heterocycles. The average Bonchev–Trinajstić information content (AvgIpc) is 3.04. The maximum atomic E-state index is 5.81. The van der Waals surface area contributed by atoms with Crippen molar-refractivity contribution < 1.29 is 4.52 Å². The molecule has 0 spiro atoms.